The molecule has 110 valence electrons. The van der Waals surface area contributed by atoms with E-state index in [0.29, 0.717) is 5.56 Å². The minimum Gasteiger partial charge on any atom is -0.391 e. The van der Waals surface area contributed by atoms with E-state index in [2.05, 4.69) is 10.2 Å². The molecule has 2 rings (SSSR count). The highest BCUT2D eigenvalue weighted by molar-refractivity contribution is 5.94. The van der Waals surface area contributed by atoms with Crippen molar-refractivity contribution < 1.29 is 9.90 Å². The van der Waals surface area contributed by atoms with E-state index in [0.717, 1.165) is 32.2 Å². The number of carbonyl (C=O) groups excluding carboxylic acids is 1. The van der Waals surface area contributed by atoms with E-state index in [1.54, 1.807) is 0 Å². The zero-order valence-electron chi connectivity index (χ0n) is 12.3. The lowest BCUT2D eigenvalue weighted by atomic mass is 9.92. The van der Waals surface area contributed by atoms with Gasteiger partial charge in [0.1, 0.15) is 0 Å². The van der Waals surface area contributed by atoms with E-state index >= 15 is 0 Å². The van der Waals surface area contributed by atoms with Crippen LogP contribution in [0.1, 0.15) is 41.6 Å². The van der Waals surface area contributed by atoms with Gasteiger partial charge in [-0.15, -0.1) is 0 Å². The maximum atomic E-state index is 12.2. The maximum absolute atomic E-state index is 12.2. The van der Waals surface area contributed by atoms with Gasteiger partial charge in [-0.1, -0.05) is 25.0 Å². The van der Waals surface area contributed by atoms with Gasteiger partial charge in [0.25, 0.3) is 5.91 Å². The summed E-state index contributed by atoms with van der Waals surface area (Å²) in [5.41, 5.74) is 1.84. The van der Waals surface area contributed by atoms with E-state index in [4.69, 9.17) is 0 Å². The highest BCUT2D eigenvalue weighted by atomic mass is 16.3. The number of nitrogens with one attached hydrogen (secondary N) is 1. The molecule has 2 atom stereocenters. The molecule has 1 aliphatic rings. The molecule has 0 aromatic heterocycles. The van der Waals surface area contributed by atoms with Crippen molar-refractivity contribution in [2.24, 2.45) is 0 Å². The molecule has 0 heterocycles. The van der Waals surface area contributed by atoms with Gasteiger partial charge in [-0.25, -0.2) is 0 Å². The van der Waals surface area contributed by atoms with E-state index in [-0.39, 0.29) is 11.9 Å². The van der Waals surface area contributed by atoms with Crippen LogP contribution in [0.3, 0.4) is 0 Å². The van der Waals surface area contributed by atoms with Crippen LogP contribution in [-0.2, 0) is 6.54 Å². The lowest BCUT2D eigenvalue weighted by Crippen LogP contribution is -2.45. The number of hydrogen-bond donors (Lipinski definition) is 2. The summed E-state index contributed by atoms with van der Waals surface area (Å²) in [5.74, 6) is -0.0904. The van der Waals surface area contributed by atoms with E-state index < -0.39 is 6.10 Å². The molecule has 0 aliphatic heterocycles. The molecule has 4 nitrogen and oxygen atoms in total. The second kappa shape index (κ2) is 6.86. The van der Waals surface area contributed by atoms with Crippen molar-refractivity contribution in [2.75, 3.05) is 14.1 Å². The highest BCUT2D eigenvalue weighted by Gasteiger charge is 2.24. The maximum Gasteiger partial charge on any atom is 0.251 e. The van der Waals surface area contributed by atoms with Crippen LogP contribution in [0.25, 0.3) is 0 Å². The second-order valence-electron chi connectivity index (χ2n) is 5.87. The molecule has 20 heavy (non-hydrogen) atoms. The molecule has 1 amide bonds. The van der Waals surface area contributed by atoms with Gasteiger partial charge in [-0.2, -0.15) is 0 Å². The molecule has 0 saturated heterocycles. The number of carbonyl (C=O) groups is 1. The third-order valence-electron chi connectivity index (χ3n) is 3.76. The van der Waals surface area contributed by atoms with Gasteiger partial charge in [-0.3, -0.25) is 4.79 Å². The highest BCUT2D eigenvalue weighted by Crippen LogP contribution is 2.18. The van der Waals surface area contributed by atoms with Crippen LogP contribution in [0.2, 0.25) is 0 Å². The summed E-state index contributed by atoms with van der Waals surface area (Å²) >= 11 is 0. The third kappa shape index (κ3) is 4.05. The van der Waals surface area contributed by atoms with Crippen LogP contribution in [0.5, 0.6) is 0 Å². The molecular formula is C16H24N2O2. The number of amides is 1. The average molecular weight is 276 g/mol. The molecule has 0 bridgehead atoms. The zero-order valence-corrected chi connectivity index (χ0v) is 12.3. The van der Waals surface area contributed by atoms with Gasteiger partial charge in [0.15, 0.2) is 0 Å². The first-order chi connectivity index (χ1) is 9.56. The molecular weight excluding hydrogens is 252 g/mol. The van der Waals surface area contributed by atoms with Gasteiger partial charge in [-0.05, 0) is 44.6 Å². The van der Waals surface area contributed by atoms with Crippen LogP contribution < -0.4 is 5.32 Å². The SMILES string of the molecule is CN(C)Cc1ccc(C(=O)N[C@H]2CCCC[C@@H]2O)cc1. The number of aliphatic hydroxyl groups excluding tert-OH is 1. The molecule has 1 aromatic rings. The van der Waals surface area contributed by atoms with Crippen molar-refractivity contribution in [3.8, 4) is 0 Å². The number of aliphatic hydroxyl groups is 1. The van der Waals surface area contributed by atoms with Gasteiger partial charge in [0.2, 0.25) is 0 Å². The summed E-state index contributed by atoms with van der Waals surface area (Å²) < 4.78 is 0. The fourth-order valence-electron chi connectivity index (χ4n) is 2.66. The number of benzene rings is 1. The second-order valence-corrected chi connectivity index (χ2v) is 5.87. The summed E-state index contributed by atoms with van der Waals surface area (Å²) in [5, 5.41) is 12.8. The fraction of sp³-hybridized carbons (Fsp3) is 0.562. The van der Waals surface area contributed by atoms with E-state index in [1.165, 1.54) is 5.56 Å². The molecule has 0 spiro atoms. The first-order valence-electron chi connectivity index (χ1n) is 7.29. The zero-order chi connectivity index (χ0) is 14.5. The smallest absolute Gasteiger partial charge is 0.251 e. The third-order valence-corrected chi connectivity index (χ3v) is 3.76. The first-order valence-corrected chi connectivity index (χ1v) is 7.29. The van der Waals surface area contributed by atoms with Gasteiger partial charge >= 0.3 is 0 Å². The minimum absolute atomic E-state index is 0.0904. The van der Waals surface area contributed by atoms with Crippen molar-refractivity contribution in [1.82, 2.24) is 10.2 Å². The Morgan fingerprint density at radius 2 is 1.90 bits per heavy atom. The van der Waals surface area contributed by atoms with Crippen molar-refractivity contribution in [2.45, 2.75) is 44.4 Å². The Kier molecular flexibility index (Phi) is 5.15. The molecule has 0 unspecified atom stereocenters. The van der Waals surface area contributed by atoms with E-state index in [1.807, 2.05) is 38.4 Å². The molecule has 1 saturated carbocycles. The fourth-order valence-corrected chi connectivity index (χ4v) is 2.66. The molecule has 1 aliphatic carbocycles. The van der Waals surface area contributed by atoms with Crippen LogP contribution in [0.4, 0.5) is 0 Å². The molecule has 1 aromatic carbocycles. The Labute approximate surface area is 120 Å². The van der Waals surface area contributed by atoms with Crippen LogP contribution in [0, 0.1) is 0 Å². The predicted molar refractivity (Wildman–Crippen MR) is 79.6 cm³/mol. The molecule has 1 fully saturated rings. The number of hydrogen-bond acceptors (Lipinski definition) is 3. The first kappa shape index (κ1) is 15.0. The Balaban J connectivity index is 1.95. The normalized spacial score (nSPS) is 22.8. The molecule has 0 radical (unpaired) electrons. The summed E-state index contributed by atoms with van der Waals surface area (Å²) in [4.78, 5) is 14.3. The van der Waals surface area contributed by atoms with Crippen LogP contribution in [-0.4, -0.2) is 42.2 Å². The largest absolute Gasteiger partial charge is 0.391 e. The van der Waals surface area contributed by atoms with E-state index in [9.17, 15) is 9.90 Å². The monoisotopic (exact) mass is 276 g/mol. The predicted octanol–water partition coefficient (Wildman–Crippen LogP) is 1.78. The van der Waals surface area contributed by atoms with Crippen molar-refractivity contribution in [3.05, 3.63) is 35.4 Å². The Hall–Kier alpha value is -1.39. The van der Waals surface area contributed by atoms with Gasteiger partial charge < -0.3 is 15.3 Å². The summed E-state index contributed by atoms with van der Waals surface area (Å²) in [6.07, 6.45) is 3.37. The van der Waals surface area contributed by atoms with Crippen LogP contribution in [0.15, 0.2) is 24.3 Å². The van der Waals surface area contributed by atoms with Crippen LogP contribution >= 0.6 is 0 Å². The lowest BCUT2D eigenvalue weighted by Gasteiger charge is -2.28. The number of rotatable bonds is 4. The standard InChI is InChI=1S/C16H24N2O2/c1-18(2)11-12-7-9-13(10-8-12)16(20)17-14-5-3-4-6-15(14)19/h7-10,14-15,19H,3-6,11H2,1-2H3,(H,17,20)/t14-,15-/m0/s1. The van der Waals surface area contributed by atoms with Crippen molar-refractivity contribution >= 4 is 5.91 Å². The summed E-state index contributed by atoms with van der Waals surface area (Å²) in [6, 6.07) is 7.56. The van der Waals surface area contributed by atoms with Gasteiger partial charge in [0, 0.05) is 12.1 Å². The Morgan fingerprint density at radius 1 is 1.25 bits per heavy atom. The average Bonchev–Trinajstić information content (AvgIpc) is 2.41. The quantitative estimate of drug-likeness (QED) is 0.881. The summed E-state index contributed by atoms with van der Waals surface area (Å²) in [6.45, 7) is 0.864. The molecule has 4 heteroatoms. The van der Waals surface area contributed by atoms with Crippen molar-refractivity contribution in [1.29, 1.82) is 0 Å². The Bertz CT molecular complexity index is 442. The van der Waals surface area contributed by atoms with Crippen molar-refractivity contribution in [3.63, 3.8) is 0 Å². The van der Waals surface area contributed by atoms with Gasteiger partial charge in [0.05, 0.1) is 12.1 Å². The molecule has 2 N–H and O–H groups in total. The summed E-state index contributed by atoms with van der Waals surface area (Å²) in [7, 11) is 4.04. The number of nitrogens with zero attached hydrogens (tertiary/aromatic N) is 1. The lowest BCUT2D eigenvalue weighted by molar-refractivity contribution is 0.0717. The topological polar surface area (TPSA) is 52.6 Å². The minimum atomic E-state index is -0.402. The Morgan fingerprint density at radius 3 is 2.50 bits per heavy atom.